The zero-order chi connectivity index (χ0) is 19.8. The van der Waals surface area contributed by atoms with E-state index in [9.17, 15) is 4.79 Å². The average molecular weight is 408 g/mol. The van der Waals surface area contributed by atoms with Crippen molar-refractivity contribution in [3.05, 3.63) is 64.0 Å². The van der Waals surface area contributed by atoms with Gasteiger partial charge < -0.3 is 18.3 Å². The molecule has 7 nitrogen and oxygen atoms in total. The molecule has 8 heteroatoms. The minimum absolute atomic E-state index is 0.211. The van der Waals surface area contributed by atoms with Gasteiger partial charge in [0.05, 0.1) is 0 Å². The van der Waals surface area contributed by atoms with E-state index >= 15 is 0 Å². The van der Waals surface area contributed by atoms with Gasteiger partial charge in [0, 0.05) is 22.8 Å². The van der Waals surface area contributed by atoms with Gasteiger partial charge in [-0.15, -0.1) is 10.2 Å². The first-order chi connectivity index (χ1) is 14.2. The molecule has 29 heavy (non-hydrogen) atoms. The van der Waals surface area contributed by atoms with Crippen LogP contribution in [0.15, 0.2) is 61.3 Å². The number of ether oxygens (including phenoxy) is 2. The van der Waals surface area contributed by atoms with Gasteiger partial charge in [0.25, 0.3) is 5.22 Å². The predicted octanol–water partition coefficient (Wildman–Crippen LogP) is 4.43. The number of fused-ring (bicyclic) bond motifs is 2. The van der Waals surface area contributed by atoms with Crippen LogP contribution in [0.4, 0.5) is 0 Å². The molecule has 0 saturated carbocycles. The summed E-state index contributed by atoms with van der Waals surface area (Å²) in [5, 5.41) is 9.54. The van der Waals surface area contributed by atoms with Crippen molar-refractivity contribution < 1.29 is 18.3 Å². The Morgan fingerprint density at radius 1 is 1.00 bits per heavy atom. The third-order valence-electron chi connectivity index (χ3n) is 4.68. The first kappa shape index (κ1) is 17.8. The van der Waals surface area contributed by atoms with Gasteiger partial charge >= 0.3 is 5.63 Å². The zero-order valence-corrected chi connectivity index (χ0v) is 16.3. The number of nitrogens with zero attached hydrogens (tertiary/aromatic N) is 2. The van der Waals surface area contributed by atoms with Gasteiger partial charge in [-0.1, -0.05) is 30.8 Å². The Labute approximate surface area is 169 Å². The maximum atomic E-state index is 11.9. The summed E-state index contributed by atoms with van der Waals surface area (Å²) < 4.78 is 21.8. The average Bonchev–Trinajstić information content (AvgIpc) is 3.40. The van der Waals surface area contributed by atoms with Crippen LogP contribution in [0.2, 0.25) is 0 Å². The fraction of sp³-hybridized carbons (Fsp3) is 0.190. The highest BCUT2D eigenvalue weighted by Gasteiger charge is 2.17. The Morgan fingerprint density at radius 3 is 2.79 bits per heavy atom. The summed E-state index contributed by atoms with van der Waals surface area (Å²) in [6.45, 7) is 2.27. The Bertz CT molecular complexity index is 1260. The molecular formula is C21H16N2O5S. The van der Waals surface area contributed by atoms with Crippen LogP contribution in [-0.4, -0.2) is 17.0 Å². The van der Waals surface area contributed by atoms with E-state index in [0.29, 0.717) is 33.9 Å². The number of aryl methyl sites for hydroxylation is 1. The summed E-state index contributed by atoms with van der Waals surface area (Å²) in [4.78, 5) is 11.9. The number of hydrogen-bond acceptors (Lipinski definition) is 8. The standard InChI is InChI=1S/C21H16N2O5S/c1-2-12-3-5-15-14(9-19(24)27-17(15)7-12)10-29-21-23-22-20(28-21)13-4-6-16-18(8-13)26-11-25-16/h3-9H,2,10-11H2,1H3. The number of hydrogen-bond donors (Lipinski definition) is 0. The monoisotopic (exact) mass is 408 g/mol. The van der Waals surface area contributed by atoms with Gasteiger partial charge in [-0.2, -0.15) is 0 Å². The summed E-state index contributed by atoms with van der Waals surface area (Å²) in [6.07, 6.45) is 0.878. The molecule has 5 rings (SSSR count). The molecule has 1 aliphatic rings. The minimum atomic E-state index is -0.368. The van der Waals surface area contributed by atoms with E-state index in [4.69, 9.17) is 18.3 Å². The molecule has 0 N–H and O–H groups in total. The number of thioether (sulfide) groups is 1. The molecule has 2 aromatic heterocycles. The van der Waals surface area contributed by atoms with Gasteiger partial charge in [-0.3, -0.25) is 0 Å². The van der Waals surface area contributed by atoms with Crippen LogP contribution in [0, 0.1) is 0 Å². The van der Waals surface area contributed by atoms with E-state index < -0.39 is 0 Å². The van der Waals surface area contributed by atoms with Gasteiger partial charge in [0.2, 0.25) is 12.7 Å². The van der Waals surface area contributed by atoms with Gasteiger partial charge in [-0.25, -0.2) is 4.79 Å². The molecule has 3 heterocycles. The van der Waals surface area contributed by atoms with Crippen LogP contribution in [0.3, 0.4) is 0 Å². The molecule has 0 spiro atoms. The van der Waals surface area contributed by atoms with Crippen molar-refractivity contribution in [3.8, 4) is 23.0 Å². The highest BCUT2D eigenvalue weighted by molar-refractivity contribution is 7.98. The number of rotatable bonds is 5. The lowest BCUT2D eigenvalue weighted by Crippen LogP contribution is -2.00. The molecule has 1 aliphatic heterocycles. The Hall–Kier alpha value is -3.26. The predicted molar refractivity (Wildman–Crippen MR) is 107 cm³/mol. The van der Waals surface area contributed by atoms with E-state index in [1.807, 2.05) is 36.4 Å². The van der Waals surface area contributed by atoms with E-state index in [1.165, 1.54) is 17.8 Å². The molecule has 0 saturated heterocycles. The summed E-state index contributed by atoms with van der Waals surface area (Å²) >= 11 is 1.37. The smallest absolute Gasteiger partial charge is 0.336 e. The summed E-state index contributed by atoms with van der Waals surface area (Å²) in [5.41, 5.74) is 2.97. The molecule has 4 aromatic rings. The maximum Gasteiger partial charge on any atom is 0.336 e. The second-order valence-corrected chi connectivity index (χ2v) is 7.43. The summed E-state index contributed by atoms with van der Waals surface area (Å²) in [6, 6.07) is 12.9. The summed E-state index contributed by atoms with van der Waals surface area (Å²) in [5.74, 6) is 2.26. The van der Waals surface area contributed by atoms with Crippen molar-refractivity contribution in [3.63, 3.8) is 0 Å². The summed E-state index contributed by atoms with van der Waals surface area (Å²) in [7, 11) is 0. The van der Waals surface area contributed by atoms with E-state index in [1.54, 1.807) is 0 Å². The SMILES string of the molecule is CCc1ccc2c(CSc3nnc(-c4ccc5c(c4)OCO5)o3)cc(=O)oc2c1. The topological polar surface area (TPSA) is 87.6 Å². The van der Waals surface area contributed by atoms with E-state index in [0.717, 1.165) is 28.5 Å². The molecule has 2 aromatic carbocycles. The Kier molecular flexibility index (Phi) is 4.48. The van der Waals surface area contributed by atoms with Crippen LogP contribution in [0.25, 0.3) is 22.4 Å². The second-order valence-electron chi connectivity index (χ2n) is 6.50. The fourth-order valence-electron chi connectivity index (χ4n) is 3.17. The molecular weight excluding hydrogens is 392 g/mol. The third-order valence-corrected chi connectivity index (χ3v) is 5.55. The molecule has 0 bridgehead atoms. The van der Waals surface area contributed by atoms with Gasteiger partial charge in [0.15, 0.2) is 11.5 Å². The van der Waals surface area contributed by atoms with Crippen LogP contribution < -0.4 is 15.1 Å². The van der Waals surface area contributed by atoms with Crippen molar-refractivity contribution >= 4 is 22.7 Å². The zero-order valence-electron chi connectivity index (χ0n) is 15.5. The van der Waals surface area contributed by atoms with Crippen molar-refractivity contribution in [2.75, 3.05) is 6.79 Å². The fourth-order valence-corrected chi connectivity index (χ4v) is 3.92. The van der Waals surface area contributed by atoms with E-state index in [2.05, 4.69) is 17.1 Å². The lowest BCUT2D eigenvalue weighted by molar-refractivity contribution is 0.174. The Balaban J connectivity index is 1.38. The molecule has 0 unspecified atom stereocenters. The maximum absolute atomic E-state index is 11.9. The second kappa shape index (κ2) is 7.29. The highest BCUT2D eigenvalue weighted by atomic mass is 32.2. The van der Waals surface area contributed by atoms with Crippen LogP contribution in [0.5, 0.6) is 11.5 Å². The normalized spacial score (nSPS) is 12.6. The Morgan fingerprint density at radius 2 is 1.90 bits per heavy atom. The molecule has 0 atom stereocenters. The van der Waals surface area contributed by atoms with E-state index in [-0.39, 0.29) is 12.4 Å². The van der Waals surface area contributed by atoms with Crippen LogP contribution in [0.1, 0.15) is 18.1 Å². The lowest BCUT2D eigenvalue weighted by atomic mass is 10.1. The number of aromatic nitrogens is 2. The highest BCUT2D eigenvalue weighted by Crippen LogP contribution is 2.36. The van der Waals surface area contributed by atoms with Crippen LogP contribution in [-0.2, 0) is 12.2 Å². The molecule has 146 valence electrons. The molecule has 0 radical (unpaired) electrons. The molecule has 0 aliphatic carbocycles. The van der Waals surface area contributed by atoms with Crippen molar-refractivity contribution in [2.45, 2.75) is 24.3 Å². The van der Waals surface area contributed by atoms with Crippen LogP contribution >= 0.6 is 11.8 Å². The molecule has 0 amide bonds. The minimum Gasteiger partial charge on any atom is -0.454 e. The quantitative estimate of drug-likeness (QED) is 0.354. The van der Waals surface area contributed by atoms with Crippen molar-refractivity contribution in [2.24, 2.45) is 0 Å². The first-order valence-electron chi connectivity index (χ1n) is 9.11. The third kappa shape index (κ3) is 3.47. The largest absolute Gasteiger partial charge is 0.454 e. The van der Waals surface area contributed by atoms with Gasteiger partial charge in [-0.05, 0) is 41.8 Å². The van der Waals surface area contributed by atoms with Crippen molar-refractivity contribution in [1.29, 1.82) is 0 Å². The first-order valence-corrected chi connectivity index (χ1v) is 10.1. The number of benzene rings is 2. The van der Waals surface area contributed by atoms with Crippen molar-refractivity contribution in [1.82, 2.24) is 10.2 Å². The lowest BCUT2D eigenvalue weighted by Gasteiger charge is -2.05. The molecule has 0 fully saturated rings. The van der Waals surface area contributed by atoms with Gasteiger partial charge in [0.1, 0.15) is 5.58 Å².